The first-order valence-electron chi connectivity index (χ1n) is 5.20. The third-order valence-corrected chi connectivity index (χ3v) is 2.58. The van der Waals surface area contributed by atoms with Crippen molar-refractivity contribution in [1.29, 1.82) is 0 Å². The summed E-state index contributed by atoms with van der Waals surface area (Å²) in [4.78, 5) is 0. The SMILES string of the molecule is NC(=S)NN=Cc1ccc(-c2ccc(F)c(Cl)c2)o1. The Morgan fingerprint density at radius 1 is 1.42 bits per heavy atom. The van der Waals surface area contributed by atoms with E-state index in [0.717, 1.165) is 0 Å². The Morgan fingerprint density at radius 2 is 2.21 bits per heavy atom. The fraction of sp³-hybridized carbons (Fsp3) is 0. The molecule has 0 fully saturated rings. The molecule has 0 amide bonds. The van der Waals surface area contributed by atoms with E-state index in [9.17, 15) is 4.39 Å². The Bertz CT molecular complexity index is 642. The lowest BCUT2D eigenvalue weighted by Gasteiger charge is -1.98. The second kappa shape index (κ2) is 5.81. The standard InChI is InChI=1S/C12H9ClFN3OS/c13-9-5-7(1-3-10(9)14)11-4-2-8(18-11)6-16-17-12(15)19/h1-6H,(H3,15,17,19). The molecule has 0 radical (unpaired) electrons. The molecule has 3 N–H and O–H groups in total. The second-order valence-electron chi connectivity index (χ2n) is 3.57. The second-order valence-corrected chi connectivity index (χ2v) is 4.41. The highest BCUT2D eigenvalue weighted by Crippen LogP contribution is 2.26. The molecule has 0 unspecified atom stereocenters. The van der Waals surface area contributed by atoms with Crippen molar-refractivity contribution in [3.63, 3.8) is 0 Å². The van der Waals surface area contributed by atoms with Gasteiger partial charge in [-0.2, -0.15) is 5.10 Å². The zero-order valence-electron chi connectivity index (χ0n) is 9.56. The minimum absolute atomic E-state index is 0.0410. The van der Waals surface area contributed by atoms with Crippen LogP contribution in [0.2, 0.25) is 5.02 Å². The van der Waals surface area contributed by atoms with Crippen LogP contribution in [0.4, 0.5) is 4.39 Å². The van der Waals surface area contributed by atoms with Crippen LogP contribution in [-0.2, 0) is 0 Å². The van der Waals surface area contributed by atoms with Gasteiger partial charge in [-0.3, -0.25) is 5.43 Å². The Morgan fingerprint density at radius 3 is 2.89 bits per heavy atom. The molecule has 4 nitrogen and oxygen atoms in total. The lowest BCUT2D eigenvalue weighted by atomic mass is 10.2. The van der Waals surface area contributed by atoms with Gasteiger partial charge in [-0.1, -0.05) is 11.6 Å². The van der Waals surface area contributed by atoms with E-state index in [-0.39, 0.29) is 10.1 Å². The molecule has 0 bridgehead atoms. The van der Waals surface area contributed by atoms with E-state index in [0.29, 0.717) is 17.1 Å². The Kier molecular flexibility index (Phi) is 4.13. The minimum Gasteiger partial charge on any atom is -0.455 e. The van der Waals surface area contributed by atoms with Crippen LogP contribution in [0.15, 0.2) is 39.9 Å². The van der Waals surface area contributed by atoms with Crippen LogP contribution in [0, 0.1) is 5.82 Å². The summed E-state index contributed by atoms with van der Waals surface area (Å²) in [6.07, 6.45) is 1.42. The number of nitrogens with zero attached hydrogens (tertiary/aromatic N) is 1. The topological polar surface area (TPSA) is 63.5 Å². The van der Waals surface area contributed by atoms with Crippen molar-refractivity contribution in [3.05, 3.63) is 46.9 Å². The summed E-state index contributed by atoms with van der Waals surface area (Å²) in [6.45, 7) is 0. The van der Waals surface area contributed by atoms with Crippen LogP contribution in [0.1, 0.15) is 5.76 Å². The van der Waals surface area contributed by atoms with Crippen molar-refractivity contribution in [2.75, 3.05) is 0 Å². The lowest BCUT2D eigenvalue weighted by Crippen LogP contribution is -2.23. The van der Waals surface area contributed by atoms with Gasteiger partial charge in [0.05, 0.1) is 11.2 Å². The van der Waals surface area contributed by atoms with Gasteiger partial charge in [0, 0.05) is 5.56 Å². The van der Waals surface area contributed by atoms with Crippen LogP contribution in [-0.4, -0.2) is 11.3 Å². The fourth-order valence-electron chi connectivity index (χ4n) is 1.39. The Hall–Kier alpha value is -1.92. The van der Waals surface area contributed by atoms with Crippen LogP contribution in [0.5, 0.6) is 0 Å². The van der Waals surface area contributed by atoms with E-state index in [1.165, 1.54) is 18.3 Å². The maximum atomic E-state index is 13.0. The maximum Gasteiger partial charge on any atom is 0.184 e. The first-order chi connectivity index (χ1) is 9.06. The number of thiocarbonyl (C=S) groups is 1. The summed E-state index contributed by atoms with van der Waals surface area (Å²) >= 11 is 10.3. The molecule has 0 spiro atoms. The van der Waals surface area contributed by atoms with Crippen molar-refractivity contribution in [3.8, 4) is 11.3 Å². The number of benzene rings is 1. The predicted molar refractivity (Wildman–Crippen MR) is 76.6 cm³/mol. The maximum absolute atomic E-state index is 13.0. The molecule has 0 aliphatic heterocycles. The van der Waals surface area contributed by atoms with Gasteiger partial charge in [0.25, 0.3) is 0 Å². The Labute approximate surface area is 119 Å². The molecule has 2 rings (SSSR count). The first-order valence-corrected chi connectivity index (χ1v) is 5.98. The fourth-order valence-corrected chi connectivity index (χ4v) is 1.62. The zero-order valence-corrected chi connectivity index (χ0v) is 11.1. The van der Waals surface area contributed by atoms with Crippen LogP contribution in [0.25, 0.3) is 11.3 Å². The highest BCUT2D eigenvalue weighted by Gasteiger charge is 2.06. The van der Waals surface area contributed by atoms with Crippen molar-refractivity contribution in [2.24, 2.45) is 10.8 Å². The molecule has 0 atom stereocenters. The molecule has 2 aromatic rings. The first kappa shape index (κ1) is 13.5. The molecule has 0 saturated carbocycles. The lowest BCUT2D eigenvalue weighted by molar-refractivity contribution is 0.574. The molecule has 1 heterocycles. The smallest absolute Gasteiger partial charge is 0.184 e. The summed E-state index contributed by atoms with van der Waals surface area (Å²) < 4.78 is 18.5. The molecule has 0 saturated heterocycles. The number of halogens is 2. The molecule has 0 aliphatic rings. The molecule has 0 aliphatic carbocycles. The monoisotopic (exact) mass is 297 g/mol. The summed E-state index contributed by atoms with van der Waals surface area (Å²) in [5.74, 6) is 0.581. The van der Waals surface area contributed by atoms with Crippen molar-refractivity contribution in [1.82, 2.24) is 5.43 Å². The van der Waals surface area contributed by atoms with Gasteiger partial charge >= 0.3 is 0 Å². The quantitative estimate of drug-likeness (QED) is 0.519. The summed E-state index contributed by atoms with van der Waals surface area (Å²) in [6, 6.07) is 7.78. The van der Waals surface area contributed by atoms with E-state index in [1.807, 2.05) is 0 Å². The van der Waals surface area contributed by atoms with E-state index in [4.69, 9.17) is 21.8 Å². The highest BCUT2D eigenvalue weighted by molar-refractivity contribution is 7.80. The Balaban J connectivity index is 2.18. The van der Waals surface area contributed by atoms with E-state index in [2.05, 4.69) is 22.7 Å². The van der Waals surface area contributed by atoms with Crippen molar-refractivity contribution < 1.29 is 8.81 Å². The number of hydrazone groups is 1. The van der Waals surface area contributed by atoms with Crippen LogP contribution < -0.4 is 11.2 Å². The van der Waals surface area contributed by atoms with Crippen LogP contribution in [0.3, 0.4) is 0 Å². The summed E-state index contributed by atoms with van der Waals surface area (Å²) in [7, 11) is 0. The van der Waals surface area contributed by atoms with E-state index >= 15 is 0 Å². The normalized spacial score (nSPS) is 10.8. The third-order valence-electron chi connectivity index (χ3n) is 2.20. The largest absolute Gasteiger partial charge is 0.455 e. The number of furan rings is 1. The van der Waals surface area contributed by atoms with Gasteiger partial charge in [0.15, 0.2) is 5.11 Å². The van der Waals surface area contributed by atoms with E-state index < -0.39 is 5.82 Å². The van der Waals surface area contributed by atoms with Gasteiger partial charge in [0.2, 0.25) is 0 Å². The van der Waals surface area contributed by atoms with Gasteiger partial charge in [0.1, 0.15) is 17.3 Å². The van der Waals surface area contributed by atoms with Gasteiger partial charge in [-0.15, -0.1) is 0 Å². The summed E-state index contributed by atoms with van der Waals surface area (Å²) in [5.41, 5.74) is 8.29. The summed E-state index contributed by atoms with van der Waals surface area (Å²) in [5, 5.41) is 3.86. The van der Waals surface area contributed by atoms with Gasteiger partial charge < -0.3 is 10.2 Å². The zero-order chi connectivity index (χ0) is 13.8. The average molecular weight is 298 g/mol. The van der Waals surface area contributed by atoms with Crippen LogP contribution >= 0.6 is 23.8 Å². The molecule has 98 valence electrons. The number of hydrogen-bond acceptors (Lipinski definition) is 3. The predicted octanol–water partition coefficient (Wildman–Crippen LogP) is 2.91. The number of rotatable bonds is 3. The molecule has 1 aromatic carbocycles. The number of nitrogens with one attached hydrogen (secondary N) is 1. The minimum atomic E-state index is -0.473. The number of nitrogens with two attached hydrogens (primary N) is 1. The molecule has 1 aromatic heterocycles. The van der Waals surface area contributed by atoms with Gasteiger partial charge in [-0.05, 0) is 42.5 Å². The molecule has 19 heavy (non-hydrogen) atoms. The average Bonchev–Trinajstić information content (AvgIpc) is 2.81. The third kappa shape index (κ3) is 3.52. The van der Waals surface area contributed by atoms with Gasteiger partial charge in [-0.25, -0.2) is 4.39 Å². The van der Waals surface area contributed by atoms with E-state index in [1.54, 1.807) is 18.2 Å². The molecular weight excluding hydrogens is 289 g/mol. The molecule has 7 heteroatoms. The van der Waals surface area contributed by atoms with Crippen molar-refractivity contribution in [2.45, 2.75) is 0 Å². The highest BCUT2D eigenvalue weighted by atomic mass is 35.5. The molecular formula is C12H9ClFN3OS. The number of hydrogen-bond donors (Lipinski definition) is 2. The van der Waals surface area contributed by atoms with Crippen molar-refractivity contribution >= 4 is 35.1 Å².